The van der Waals surface area contributed by atoms with Crippen molar-refractivity contribution in [1.29, 1.82) is 0 Å². The van der Waals surface area contributed by atoms with Crippen molar-refractivity contribution in [1.82, 2.24) is 14.9 Å². The Balaban J connectivity index is 1.54. The zero-order valence-corrected chi connectivity index (χ0v) is 16.3. The lowest BCUT2D eigenvalue weighted by Gasteiger charge is -2.49. The Hall–Kier alpha value is -3.05. The van der Waals surface area contributed by atoms with Crippen molar-refractivity contribution < 1.29 is 24.2 Å². The average Bonchev–Trinajstić information content (AvgIpc) is 3.11. The normalized spacial score (nSPS) is 21.0. The number of fused-ring (bicyclic) bond motifs is 2. The van der Waals surface area contributed by atoms with Crippen LogP contribution in [0, 0.1) is 0 Å². The van der Waals surface area contributed by atoms with Gasteiger partial charge >= 0.3 is 11.9 Å². The minimum Gasteiger partial charge on any atom is -0.477 e. The number of carbonyl (C=O) groups is 3. The number of ether oxygens (including phenoxy) is 1. The molecule has 3 heterocycles. The molecule has 2 aliphatic heterocycles. The first-order valence-electron chi connectivity index (χ1n) is 8.87. The van der Waals surface area contributed by atoms with Crippen LogP contribution in [0.5, 0.6) is 0 Å². The predicted octanol–water partition coefficient (Wildman–Crippen LogP) is 0.619. The fraction of sp³-hybridized carbons (Fsp3) is 0.333. The van der Waals surface area contributed by atoms with Gasteiger partial charge in [-0.1, -0.05) is 6.07 Å². The van der Waals surface area contributed by atoms with E-state index in [1.807, 2.05) is 18.2 Å². The van der Waals surface area contributed by atoms with Crippen LogP contribution in [0.3, 0.4) is 0 Å². The Morgan fingerprint density at radius 3 is 2.97 bits per heavy atom. The third-order valence-corrected chi connectivity index (χ3v) is 6.11. The summed E-state index contributed by atoms with van der Waals surface area (Å²) in [5, 5.41) is 12.3. The number of nitrogens with two attached hydrogens (primary N) is 1. The molecular weight excluding hydrogens is 398 g/mol. The first-order valence-corrected chi connectivity index (χ1v) is 9.92. The molecule has 5 N–H and O–H groups in total. The molecule has 0 radical (unpaired) electrons. The molecule has 0 aliphatic carbocycles. The molecule has 0 bridgehead atoms. The minimum absolute atomic E-state index is 0.116. The second-order valence-electron chi connectivity index (χ2n) is 6.71. The number of hydrogen-bond donors (Lipinski definition) is 4. The molecule has 4 rings (SSSR count). The van der Waals surface area contributed by atoms with E-state index < -0.39 is 18.0 Å². The summed E-state index contributed by atoms with van der Waals surface area (Å²) in [7, 11) is 0. The number of amides is 1. The van der Waals surface area contributed by atoms with Gasteiger partial charge < -0.3 is 25.9 Å². The first-order chi connectivity index (χ1) is 13.9. The molecule has 11 heteroatoms. The predicted molar refractivity (Wildman–Crippen MR) is 106 cm³/mol. The van der Waals surface area contributed by atoms with Crippen LogP contribution in [-0.2, 0) is 25.7 Å². The van der Waals surface area contributed by atoms with Gasteiger partial charge in [0.1, 0.15) is 23.7 Å². The van der Waals surface area contributed by atoms with E-state index in [1.165, 1.54) is 23.6 Å². The van der Waals surface area contributed by atoms with Crippen molar-refractivity contribution in [3.8, 4) is 0 Å². The van der Waals surface area contributed by atoms with Crippen molar-refractivity contribution >= 4 is 46.6 Å². The van der Waals surface area contributed by atoms with Gasteiger partial charge in [-0.3, -0.25) is 14.5 Å². The summed E-state index contributed by atoms with van der Waals surface area (Å²) in [5.41, 5.74) is 8.41. The second kappa shape index (κ2) is 7.41. The zero-order chi connectivity index (χ0) is 20.7. The maximum atomic E-state index is 12.7. The summed E-state index contributed by atoms with van der Waals surface area (Å²) in [6.07, 6.45) is 0. The highest BCUT2D eigenvalue weighted by atomic mass is 32.2. The fourth-order valence-corrected chi connectivity index (χ4v) is 4.70. The number of nitrogens with one attached hydrogen (secondary N) is 2. The number of aromatic amines is 1. The lowest BCUT2D eigenvalue weighted by Crippen LogP contribution is -2.67. The number of aliphatic carboxylic acids is 1. The van der Waals surface area contributed by atoms with Gasteiger partial charge in [0, 0.05) is 24.8 Å². The summed E-state index contributed by atoms with van der Waals surface area (Å²) >= 11 is 1.41. The van der Waals surface area contributed by atoms with E-state index in [1.54, 1.807) is 0 Å². The number of benzene rings is 1. The van der Waals surface area contributed by atoms with Crippen LogP contribution in [0.15, 0.2) is 29.5 Å². The Morgan fingerprint density at radius 2 is 2.28 bits per heavy atom. The molecule has 0 saturated carbocycles. The topological polar surface area (TPSA) is 151 Å². The average molecular weight is 417 g/mol. The number of aromatic nitrogens is 2. The number of carboxylic acids is 1. The minimum atomic E-state index is -1.22. The molecule has 1 aromatic carbocycles. The number of esters is 1. The van der Waals surface area contributed by atoms with Crippen LogP contribution < -0.4 is 11.1 Å². The van der Waals surface area contributed by atoms with Crippen LogP contribution in [0.1, 0.15) is 12.5 Å². The second-order valence-corrected chi connectivity index (χ2v) is 7.82. The van der Waals surface area contributed by atoms with Crippen LogP contribution in [0.4, 0.5) is 5.95 Å². The first kappa shape index (κ1) is 19.3. The molecule has 0 spiro atoms. The van der Waals surface area contributed by atoms with Gasteiger partial charge in [0.15, 0.2) is 0 Å². The number of anilines is 1. The largest absolute Gasteiger partial charge is 0.477 e. The molecule has 29 heavy (non-hydrogen) atoms. The van der Waals surface area contributed by atoms with Gasteiger partial charge in [-0.2, -0.15) is 0 Å². The number of β-lactam (4-membered cyclic amide) rings is 1. The van der Waals surface area contributed by atoms with Gasteiger partial charge in [-0.25, -0.2) is 9.78 Å². The highest BCUT2D eigenvalue weighted by Crippen LogP contribution is 2.41. The standard InChI is InChI=1S/C18H19N5O5S/c1-8(24)28-6-10-7-29-16-13(15(25)23(16)14(10)17(26)27)22-18-20-11-3-2-9(5-19)4-12(11)21-18/h2-4,13,16H,5-7,19H2,1H3,(H,26,27)(H2,20,21,22)/t13?,16-/m1/s1. The van der Waals surface area contributed by atoms with Crippen LogP contribution in [0.25, 0.3) is 11.0 Å². The highest BCUT2D eigenvalue weighted by molar-refractivity contribution is 8.00. The molecule has 2 atom stereocenters. The molecule has 2 aromatic rings. The summed E-state index contributed by atoms with van der Waals surface area (Å²) < 4.78 is 4.93. The molecule has 152 valence electrons. The van der Waals surface area contributed by atoms with E-state index >= 15 is 0 Å². The Bertz CT molecular complexity index is 1050. The lowest BCUT2D eigenvalue weighted by atomic mass is 10.0. The van der Waals surface area contributed by atoms with E-state index in [2.05, 4.69) is 15.3 Å². The highest BCUT2D eigenvalue weighted by Gasteiger charge is 2.54. The molecule has 1 fully saturated rings. The SMILES string of the molecule is CC(=O)OCC1=C(C(=O)O)N2C(=O)C(Nc3nc4cc(CN)ccc4[nH]3)[C@H]2SC1. The Labute approximate surface area is 169 Å². The number of rotatable bonds is 6. The molecule has 1 saturated heterocycles. The van der Waals surface area contributed by atoms with Gasteiger partial charge in [-0.05, 0) is 17.7 Å². The van der Waals surface area contributed by atoms with Crippen LogP contribution >= 0.6 is 11.8 Å². The Morgan fingerprint density at radius 1 is 1.48 bits per heavy atom. The summed E-state index contributed by atoms with van der Waals surface area (Å²) in [5.74, 6) is -1.32. The van der Waals surface area contributed by atoms with E-state index in [9.17, 15) is 19.5 Å². The fourth-order valence-electron chi connectivity index (χ4n) is 3.38. The summed E-state index contributed by atoms with van der Waals surface area (Å²) in [6.45, 7) is 1.50. The molecule has 1 unspecified atom stereocenters. The molecule has 1 amide bonds. The number of H-pyrrole nitrogens is 1. The number of hydrogen-bond acceptors (Lipinski definition) is 8. The molecule has 10 nitrogen and oxygen atoms in total. The lowest BCUT2D eigenvalue weighted by molar-refractivity contribution is -0.147. The third-order valence-electron chi connectivity index (χ3n) is 4.77. The number of carbonyl (C=O) groups excluding carboxylic acids is 2. The van der Waals surface area contributed by atoms with Crippen molar-refractivity contribution in [2.24, 2.45) is 5.73 Å². The molecule has 2 aliphatic rings. The number of imidazole rings is 1. The zero-order valence-electron chi connectivity index (χ0n) is 15.5. The molecular formula is C18H19N5O5S. The monoisotopic (exact) mass is 417 g/mol. The number of carboxylic acid groups (broad SMARTS) is 1. The van der Waals surface area contributed by atoms with E-state index in [4.69, 9.17) is 10.5 Å². The van der Waals surface area contributed by atoms with Crippen LogP contribution in [-0.4, -0.2) is 61.6 Å². The van der Waals surface area contributed by atoms with Gasteiger partial charge in [0.25, 0.3) is 5.91 Å². The maximum absolute atomic E-state index is 12.7. The van der Waals surface area contributed by atoms with Crippen molar-refractivity contribution in [3.63, 3.8) is 0 Å². The summed E-state index contributed by atoms with van der Waals surface area (Å²) in [6, 6.07) is 5.02. The van der Waals surface area contributed by atoms with Crippen molar-refractivity contribution in [3.05, 3.63) is 35.0 Å². The third kappa shape index (κ3) is 3.42. The number of thioether (sulfide) groups is 1. The quantitative estimate of drug-likeness (QED) is 0.392. The number of nitrogens with zero attached hydrogens (tertiary/aromatic N) is 2. The molecule has 1 aromatic heterocycles. The van der Waals surface area contributed by atoms with Crippen LogP contribution in [0.2, 0.25) is 0 Å². The summed E-state index contributed by atoms with van der Waals surface area (Å²) in [4.78, 5) is 44.3. The van der Waals surface area contributed by atoms with E-state index in [0.29, 0.717) is 23.8 Å². The smallest absolute Gasteiger partial charge is 0.352 e. The van der Waals surface area contributed by atoms with E-state index in [-0.39, 0.29) is 23.6 Å². The van der Waals surface area contributed by atoms with Crippen molar-refractivity contribution in [2.45, 2.75) is 24.9 Å². The Kier molecular flexibility index (Phi) is 4.92. The van der Waals surface area contributed by atoms with Crippen molar-refractivity contribution in [2.75, 3.05) is 17.7 Å². The van der Waals surface area contributed by atoms with Gasteiger partial charge in [0.05, 0.1) is 11.0 Å². The van der Waals surface area contributed by atoms with Gasteiger partial charge in [0.2, 0.25) is 5.95 Å². The van der Waals surface area contributed by atoms with E-state index in [0.717, 1.165) is 16.6 Å². The van der Waals surface area contributed by atoms with Gasteiger partial charge in [-0.15, -0.1) is 11.8 Å². The maximum Gasteiger partial charge on any atom is 0.352 e.